The average molecular weight is 332 g/mol. The van der Waals surface area contributed by atoms with Crippen LogP contribution >= 0.6 is 0 Å². The van der Waals surface area contributed by atoms with Crippen molar-refractivity contribution < 1.29 is 29.2 Å². The molecule has 6 heteroatoms. The molecule has 1 aliphatic rings. The maximum absolute atomic E-state index is 9.24. The Bertz CT molecular complexity index is 626. The van der Waals surface area contributed by atoms with E-state index in [1.165, 1.54) is 0 Å². The fraction of sp³-hybridized carbons (Fsp3) is 0.333. The van der Waals surface area contributed by atoms with Crippen molar-refractivity contribution in [2.45, 2.75) is 13.2 Å². The highest BCUT2D eigenvalue weighted by atomic mass is 16.6. The molecule has 128 valence electrons. The normalized spacial score (nSPS) is 14.4. The van der Waals surface area contributed by atoms with E-state index in [0.29, 0.717) is 49.4 Å². The fourth-order valence-corrected chi connectivity index (χ4v) is 2.37. The summed E-state index contributed by atoms with van der Waals surface area (Å²) in [6, 6.07) is 10.6. The third kappa shape index (κ3) is 3.90. The van der Waals surface area contributed by atoms with Gasteiger partial charge in [-0.25, -0.2) is 0 Å². The highest BCUT2D eigenvalue weighted by molar-refractivity contribution is 5.44. The fourth-order valence-electron chi connectivity index (χ4n) is 2.37. The van der Waals surface area contributed by atoms with Crippen molar-refractivity contribution >= 4 is 0 Å². The van der Waals surface area contributed by atoms with E-state index in [4.69, 9.17) is 18.9 Å². The highest BCUT2D eigenvalue weighted by Gasteiger charge is 2.11. The molecule has 0 aromatic heterocycles. The number of ether oxygens (including phenoxy) is 4. The molecule has 2 N–H and O–H groups in total. The Morgan fingerprint density at radius 2 is 0.958 bits per heavy atom. The predicted molar refractivity (Wildman–Crippen MR) is 86.7 cm³/mol. The topological polar surface area (TPSA) is 77.4 Å². The van der Waals surface area contributed by atoms with Crippen molar-refractivity contribution in [3.8, 4) is 23.0 Å². The Hall–Kier alpha value is -2.44. The van der Waals surface area contributed by atoms with Crippen LogP contribution in [0.1, 0.15) is 11.1 Å². The van der Waals surface area contributed by atoms with Gasteiger partial charge in [-0.1, -0.05) is 12.1 Å². The van der Waals surface area contributed by atoms with Crippen LogP contribution in [0.3, 0.4) is 0 Å². The van der Waals surface area contributed by atoms with Crippen molar-refractivity contribution in [3.63, 3.8) is 0 Å². The minimum Gasteiger partial charge on any atom is -0.486 e. The van der Waals surface area contributed by atoms with E-state index in [1.807, 2.05) is 0 Å². The Labute approximate surface area is 140 Å². The van der Waals surface area contributed by atoms with E-state index in [2.05, 4.69) is 0 Å². The van der Waals surface area contributed by atoms with Gasteiger partial charge in [-0.15, -0.1) is 0 Å². The van der Waals surface area contributed by atoms with Gasteiger partial charge >= 0.3 is 0 Å². The Balaban J connectivity index is 1.76. The van der Waals surface area contributed by atoms with Crippen LogP contribution in [0.25, 0.3) is 0 Å². The number of hydrogen-bond donors (Lipinski definition) is 2. The number of fused-ring (bicyclic) bond motifs is 2. The third-order valence-electron chi connectivity index (χ3n) is 3.58. The second-order valence-corrected chi connectivity index (χ2v) is 5.27. The van der Waals surface area contributed by atoms with Gasteiger partial charge in [0.15, 0.2) is 23.0 Å². The summed E-state index contributed by atoms with van der Waals surface area (Å²) in [5.74, 6) is 2.34. The van der Waals surface area contributed by atoms with Crippen molar-refractivity contribution in [2.24, 2.45) is 0 Å². The lowest BCUT2D eigenvalue weighted by Crippen LogP contribution is -2.15. The van der Waals surface area contributed by atoms with Gasteiger partial charge in [0.1, 0.15) is 26.4 Å². The first-order chi connectivity index (χ1) is 11.8. The van der Waals surface area contributed by atoms with Gasteiger partial charge in [-0.2, -0.15) is 0 Å². The molecular weight excluding hydrogens is 312 g/mol. The van der Waals surface area contributed by atoms with Crippen LogP contribution in [-0.4, -0.2) is 36.6 Å². The molecule has 0 saturated heterocycles. The van der Waals surface area contributed by atoms with E-state index in [1.54, 1.807) is 36.4 Å². The lowest BCUT2D eigenvalue weighted by molar-refractivity contribution is 0.171. The summed E-state index contributed by atoms with van der Waals surface area (Å²) in [6.45, 7) is 1.20. The molecular formula is C18H20O6. The molecule has 0 amide bonds. The molecule has 1 heterocycles. The number of rotatable bonds is 2. The molecule has 2 aromatic carbocycles. The number of hydrogen-bond acceptors (Lipinski definition) is 6. The van der Waals surface area contributed by atoms with Crippen molar-refractivity contribution in [2.75, 3.05) is 26.4 Å². The zero-order chi connectivity index (χ0) is 16.8. The van der Waals surface area contributed by atoms with Crippen LogP contribution in [0.4, 0.5) is 0 Å². The first kappa shape index (κ1) is 16.4. The Morgan fingerprint density at radius 3 is 1.33 bits per heavy atom. The van der Waals surface area contributed by atoms with Crippen LogP contribution in [-0.2, 0) is 13.2 Å². The Morgan fingerprint density at radius 1 is 0.583 bits per heavy atom. The summed E-state index contributed by atoms with van der Waals surface area (Å²) < 4.78 is 22.9. The van der Waals surface area contributed by atoms with Gasteiger partial charge in [0.05, 0.1) is 13.2 Å². The minimum absolute atomic E-state index is 0.0587. The molecule has 0 unspecified atom stereocenters. The smallest absolute Gasteiger partial charge is 0.161 e. The molecule has 0 spiro atoms. The molecule has 24 heavy (non-hydrogen) atoms. The van der Waals surface area contributed by atoms with Crippen molar-refractivity contribution in [1.82, 2.24) is 0 Å². The zero-order valence-corrected chi connectivity index (χ0v) is 13.2. The average Bonchev–Trinajstić information content (AvgIpc) is 2.62. The summed E-state index contributed by atoms with van der Waals surface area (Å²) in [5, 5.41) is 18.5. The van der Waals surface area contributed by atoms with Gasteiger partial charge in [-0.05, 0) is 35.4 Å². The van der Waals surface area contributed by atoms with Gasteiger partial charge in [0, 0.05) is 0 Å². The van der Waals surface area contributed by atoms with Crippen LogP contribution < -0.4 is 18.9 Å². The van der Waals surface area contributed by atoms with Crippen LogP contribution in [0, 0.1) is 0 Å². The summed E-state index contributed by atoms with van der Waals surface area (Å²) in [7, 11) is 0. The quantitative estimate of drug-likeness (QED) is 0.875. The number of aliphatic hydroxyl groups excluding tert-OH is 2. The predicted octanol–water partition coefficient (Wildman–Crippen LogP) is 1.90. The van der Waals surface area contributed by atoms with Gasteiger partial charge < -0.3 is 29.2 Å². The summed E-state index contributed by atoms with van der Waals surface area (Å²) in [6.07, 6.45) is 0. The van der Waals surface area contributed by atoms with E-state index in [-0.39, 0.29) is 13.2 Å². The standard InChI is InChI=1S/C18H20O6/c19-11-13-1-3-15-17(9-13)23-8-6-22-16-4-2-14(12-20)10-18(16)24-7-5-21-15/h1-4,9-10,19-20H,5-8,11-12H2. The lowest BCUT2D eigenvalue weighted by atomic mass is 10.2. The largest absolute Gasteiger partial charge is 0.486 e. The molecule has 1 aliphatic heterocycles. The molecule has 0 aliphatic carbocycles. The molecule has 0 fully saturated rings. The van der Waals surface area contributed by atoms with Crippen molar-refractivity contribution in [1.29, 1.82) is 0 Å². The van der Waals surface area contributed by atoms with Gasteiger partial charge in [0.25, 0.3) is 0 Å². The molecule has 0 bridgehead atoms. The monoisotopic (exact) mass is 332 g/mol. The Kier molecular flexibility index (Phi) is 5.40. The van der Waals surface area contributed by atoms with Gasteiger partial charge in [0.2, 0.25) is 0 Å². The minimum atomic E-state index is -0.0587. The van der Waals surface area contributed by atoms with Gasteiger partial charge in [-0.3, -0.25) is 0 Å². The summed E-state index contributed by atoms with van der Waals surface area (Å²) >= 11 is 0. The highest BCUT2D eigenvalue weighted by Crippen LogP contribution is 2.31. The molecule has 0 saturated carbocycles. The van der Waals surface area contributed by atoms with E-state index >= 15 is 0 Å². The van der Waals surface area contributed by atoms with Crippen LogP contribution in [0.2, 0.25) is 0 Å². The number of aliphatic hydroxyl groups is 2. The second kappa shape index (κ2) is 7.90. The SMILES string of the molecule is OCc1ccc2c(c1)OCCOc1ccc(CO)cc1OCCO2. The maximum atomic E-state index is 9.24. The molecule has 0 atom stereocenters. The lowest BCUT2D eigenvalue weighted by Gasteiger charge is -2.18. The molecule has 2 aromatic rings. The van der Waals surface area contributed by atoms with E-state index in [9.17, 15) is 10.2 Å². The summed E-state index contributed by atoms with van der Waals surface area (Å²) in [4.78, 5) is 0. The van der Waals surface area contributed by atoms with Crippen LogP contribution in [0.5, 0.6) is 23.0 Å². The first-order valence-electron chi connectivity index (χ1n) is 7.79. The number of benzene rings is 2. The maximum Gasteiger partial charge on any atom is 0.161 e. The first-order valence-corrected chi connectivity index (χ1v) is 7.79. The van der Waals surface area contributed by atoms with E-state index in [0.717, 1.165) is 11.1 Å². The molecule has 0 radical (unpaired) electrons. The zero-order valence-electron chi connectivity index (χ0n) is 13.2. The molecule has 3 rings (SSSR count). The molecule has 6 nitrogen and oxygen atoms in total. The third-order valence-corrected chi connectivity index (χ3v) is 3.58. The van der Waals surface area contributed by atoms with Crippen molar-refractivity contribution in [3.05, 3.63) is 47.5 Å². The second-order valence-electron chi connectivity index (χ2n) is 5.27. The van der Waals surface area contributed by atoms with Crippen LogP contribution in [0.15, 0.2) is 36.4 Å². The summed E-state index contributed by atoms with van der Waals surface area (Å²) in [5.41, 5.74) is 1.51. The van der Waals surface area contributed by atoms with E-state index < -0.39 is 0 Å².